The summed E-state index contributed by atoms with van der Waals surface area (Å²) in [6.45, 7) is 10.0. The lowest BCUT2D eigenvalue weighted by molar-refractivity contribution is 0.358. The molecule has 0 radical (unpaired) electrons. The molecule has 1 saturated heterocycles. The molecule has 2 aromatic rings. The molecule has 0 bridgehead atoms. The Balaban J connectivity index is 0.000000880. The third-order valence-electron chi connectivity index (χ3n) is 4.29. The highest BCUT2D eigenvalue weighted by Gasteiger charge is 2.22. The summed E-state index contributed by atoms with van der Waals surface area (Å²) in [7, 11) is 0. The van der Waals surface area contributed by atoms with Crippen molar-refractivity contribution in [1.29, 1.82) is 0 Å². The number of amidine groups is 1. The Kier molecular flexibility index (Phi) is 5.61. The molecule has 132 valence electrons. The van der Waals surface area contributed by atoms with Crippen molar-refractivity contribution in [1.82, 2.24) is 10.2 Å². The fraction of sp³-hybridized carbons (Fsp3) is 0.350. The van der Waals surface area contributed by atoms with Gasteiger partial charge in [0.25, 0.3) is 0 Å². The number of benzene rings is 2. The van der Waals surface area contributed by atoms with Crippen LogP contribution in [-0.2, 0) is 0 Å². The number of nitrogens with zero attached hydrogens (tertiary/aromatic N) is 2. The number of piperazine rings is 1. The van der Waals surface area contributed by atoms with E-state index in [1.54, 1.807) is 0 Å². The second kappa shape index (κ2) is 7.89. The van der Waals surface area contributed by atoms with E-state index < -0.39 is 0 Å². The Hall–Kier alpha value is -2.04. The standard InChI is InChI=1S/C18H19ClN4.C2H6/c1-12-2-4-15-14(10-12)18(23-8-6-20-7-9-23)22-17-11-13(19)3-5-16(17)21-15;1-2/h2-5,10-11,20-21H,6-9H2,1H3;1-2H3. The summed E-state index contributed by atoms with van der Waals surface area (Å²) in [4.78, 5) is 7.33. The van der Waals surface area contributed by atoms with Crippen molar-refractivity contribution in [2.24, 2.45) is 4.99 Å². The molecule has 4 rings (SSSR count). The lowest BCUT2D eigenvalue weighted by atomic mass is 10.1. The molecular formula is C20H25ClN4. The highest BCUT2D eigenvalue weighted by molar-refractivity contribution is 6.31. The van der Waals surface area contributed by atoms with E-state index in [2.05, 4.69) is 40.7 Å². The third kappa shape index (κ3) is 3.80. The summed E-state index contributed by atoms with van der Waals surface area (Å²) in [6, 6.07) is 12.3. The number of hydrogen-bond donors (Lipinski definition) is 2. The van der Waals surface area contributed by atoms with E-state index in [1.165, 1.54) is 5.56 Å². The van der Waals surface area contributed by atoms with Crippen LogP contribution in [0.5, 0.6) is 0 Å². The number of rotatable bonds is 0. The molecule has 0 aliphatic carbocycles. The van der Waals surface area contributed by atoms with Crippen molar-refractivity contribution in [3.63, 3.8) is 0 Å². The van der Waals surface area contributed by atoms with Crippen molar-refractivity contribution >= 4 is 34.5 Å². The number of aliphatic imine (C=N–C) groups is 1. The zero-order valence-corrected chi connectivity index (χ0v) is 15.8. The average Bonchev–Trinajstić information content (AvgIpc) is 2.80. The zero-order chi connectivity index (χ0) is 17.8. The first-order valence-electron chi connectivity index (χ1n) is 8.93. The van der Waals surface area contributed by atoms with Gasteiger partial charge in [-0.3, -0.25) is 0 Å². The minimum atomic E-state index is 0.705. The predicted octanol–water partition coefficient (Wildman–Crippen LogP) is 4.72. The van der Waals surface area contributed by atoms with Gasteiger partial charge in [0.05, 0.1) is 11.4 Å². The molecule has 0 unspecified atom stereocenters. The minimum absolute atomic E-state index is 0.705. The summed E-state index contributed by atoms with van der Waals surface area (Å²) in [5, 5.41) is 7.62. The summed E-state index contributed by atoms with van der Waals surface area (Å²) in [6.07, 6.45) is 0. The van der Waals surface area contributed by atoms with Crippen molar-refractivity contribution in [3.05, 3.63) is 52.5 Å². The highest BCUT2D eigenvalue weighted by Crippen LogP contribution is 2.36. The SMILES string of the molecule is CC.Cc1ccc2c(c1)C(N1CCNCC1)=Nc1cc(Cl)ccc1N2. The Morgan fingerprint density at radius 3 is 2.48 bits per heavy atom. The maximum atomic E-state index is 6.18. The molecule has 2 aliphatic rings. The van der Waals surface area contributed by atoms with Crippen LogP contribution in [0.2, 0.25) is 5.02 Å². The molecule has 0 amide bonds. The van der Waals surface area contributed by atoms with Gasteiger partial charge in [-0.2, -0.15) is 0 Å². The van der Waals surface area contributed by atoms with Gasteiger partial charge in [0.2, 0.25) is 0 Å². The molecule has 0 saturated carbocycles. The summed E-state index contributed by atoms with van der Waals surface area (Å²) < 4.78 is 0. The quantitative estimate of drug-likeness (QED) is 0.717. The van der Waals surface area contributed by atoms with Crippen LogP contribution in [-0.4, -0.2) is 36.9 Å². The van der Waals surface area contributed by atoms with E-state index in [4.69, 9.17) is 16.6 Å². The van der Waals surface area contributed by atoms with Gasteiger partial charge >= 0.3 is 0 Å². The lowest BCUT2D eigenvalue weighted by Crippen LogP contribution is -2.46. The van der Waals surface area contributed by atoms with Gasteiger partial charge < -0.3 is 15.5 Å². The van der Waals surface area contributed by atoms with Gasteiger partial charge in [0.1, 0.15) is 5.84 Å². The normalized spacial score (nSPS) is 15.7. The van der Waals surface area contributed by atoms with Gasteiger partial charge in [0, 0.05) is 42.5 Å². The first-order valence-corrected chi connectivity index (χ1v) is 9.30. The largest absolute Gasteiger partial charge is 0.353 e. The van der Waals surface area contributed by atoms with Gasteiger partial charge in [-0.15, -0.1) is 0 Å². The van der Waals surface area contributed by atoms with Crippen LogP contribution in [0.1, 0.15) is 25.0 Å². The first kappa shape index (κ1) is 17.8. The molecule has 2 aliphatic heterocycles. The van der Waals surface area contributed by atoms with Crippen molar-refractivity contribution < 1.29 is 0 Å². The molecule has 5 heteroatoms. The second-order valence-corrected chi connectivity index (χ2v) is 6.44. The van der Waals surface area contributed by atoms with E-state index in [1.807, 2.05) is 32.0 Å². The molecule has 0 spiro atoms. The van der Waals surface area contributed by atoms with E-state index >= 15 is 0 Å². The molecule has 0 aromatic heterocycles. The van der Waals surface area contributed by atoms with Crippen LogP contribution >= 0.6 is 11.6 Å². The van der Waals surface area contributed by atoms with Crippen LogP contribution in [0.3, 0.4) is 0 Å². The number of fused-ring (bicyclic) bond motifs is 2. The van der Waals surface area contributed by atoms with E-state index in [-0.39, 0.29) is 0 Å². The number of aryl methyl sites for hydroxylation is 1. The number of halogens is 1. The van der Waals surface area contributed by atoms with Crippen LogP contribution in [0.15, 0.2) is 41.4 Å². The van der Waals surface area contributed by atoms with Crippen molar-refractivity contribution in [2.45, 2.75) is 20.8 Å². The second-order valence-electron chi connectivity index (χ2n) is 6.01. The number of nitrogens with one attached hydrogen (secondary N) is 2. The van der Waals surface area contributed by atoms with Crippen LogP contribution < -0.4 is 10.6 Å². The number of anilines is 2. The summed E-state index contributed by atoms with van der Waals surface area (Å²) in [5.41, 5.74) is 5.36. The fourth-order valence-electron chi connectivity index (χ4n) is 3.09. The molecule has 2 N–H and O–H groups in total. The smallest absolute Gasteiger partial charge is 0.138 e. The first-order chi connectivity index (χ1) is 12.2. The molecule has 2 heterocycles. The third-order valence-corrected chi connectivity index (χ3v) is 4.52. The summed E-state index contributed by atoms with van der Waals surface area (Å²) in [5.74, 6) is 1.03. The van der Waals surface area contributed by atoms with Gasteiger partial charge in [-0.25, -0.2) is 4.99 Å². The highest BCUT2D eigenvalue weighted by atomic mass is 35.5. The van der Waals surface area contributed by atoms with E-state index in [0.29, 0.717) is 5.02 Å². The monoisotopic (exact) mass is 356 g/mol. The Bertz CT molecular complexity index is 779. The van der Waals surface area contributed by atoms with Gasteiger partial charge in [-0.1, -0.05) is 37.1 Å². The Morgan fingerprint density at radius 1 is 1.00 bits per heavy atom. The number of hydrogen-bond acceptors (Lipinski definition) is 4. The Labute approximate surface area is 154 Å². The molecule has 1 fully saturated rings. The molecular weight excluding hydrogens is 332 g/mol. The average molecular weight is 357 g/mol. The Morgan fingerprint density at radius 2 is 1.72 bits per heavy atom. The van der Waals surface area contributed by atoms with E-state index in [9.17, 15) is 0 Å². The lowest BCUT2D eigenvalue weighted by Gasteiger charge is -2.30. The van der Waals surface area contributed by atoms with Crippen molar-refractivity contribution in [2.75, 3.05) is 31.5 Å². The molecule has 0 atom stereocenters. The zero-order valence-electron chi connectivity index (χ0n) is 15.1. The molecule has 2 aromatic carbocycles. The molecule has 4 nitrogen and oxygen atoms in total. The minimum Gasteiger partial charge on any atom is -0.353 e. The van der Waals surface area contributed by atoms with Crippen LogP contribution in [0, 0.1) is 6.92 Å². The topological polar surface area (TPSA) is 39.7 Å². The maximum Gasteiger partial charge on any atom is 0.138 e. The van der Waals surface area contributed by atoms with Crippen molar-refractivity contribution in [3.8, 4) is 0 Å². The van der Waals surface area contributed by atoms with Gasteiger partial charge in [-0.05, 0) is 37.3 Å². The fourth-order valence-corrected chi connectivity index (χ4v) is 3.26. The van der Waals surface area contributed by atoms with E-state index in [0.717, 1.165) is 54.6 Å². The predicted molar refractivity (Wildman–Crippen MR) is 108 cm³/mol. The summed E-state index contributed by atoms with van der Waals surface area (Å²) >= 11 is 6.18. The molecule has 25 heavy (non-hydrogen) atoms. The maximum absolute atomic E-state index is 6.18. The van der Waals surface area contributed by atoms with Crippen LogP contribution in [0.4, 0.5) is 17.1 Å². The van der Waals surface area contributed by atoms with Crippen LogP contribution in [0.25, 0.3) is 0 Å². The van der Waals surface area contributed by atoms with Gasteiger partial charge in [0.15, 0.2) is 0 Å².